The molecule has 0 aliphatic heterocycles. The molecule has 2 nitrogen and oxygen atoms in total. The molecule has 2 unspecified atom stereocenters. The minimum Gasteiger partial charge on any atom is -0.394 e. The first-order valence-corrected chi connectivity index (χ1v) is 7.88. The molecule has 0 aliphatic carbocycles. The Morgan fingerprint density at radius 1 is 1.06 bits per heavy atom. The van der Waals surface area contributed by atoms with Crippen LogP contribution >= 0.6 is 0 Å². The molecule has 2 atom stereocenters. The number of hydrogen-bond acceptors (Lipinski definition) is 2. The highest BCUT2D eigenvalue weighted by atomic mass is 16.5. The molecule has 0 bridgehead atoms. The lowest BCUT2D eigenvalue weighted by Crippen LogP contribution is -2.24. The Morgan fingerprint density at radius 3 is 2.28 bits per heavy atom. The Kier molecular flexibility index (Phi) is 11.9. The molecule has 0 saturated heterocycles. The largest absolute Gasteiger partial charge is 0.394 e. The maximum absolute atomic E-state index is 8.86. The molecule has 110 valence electrons. The van der Waals surface area contributed by atoms with Crippen molar-refractivity contribution < 1.29 is 9.84 Å². The average molecular weight is 258 g/mol. The normalized spacial score (nSPS) is 15.0. The molecule has 1 N–H and O–H groups in total. The van der Waals surface area contributed by atoms with Crippen molar-refractivity contribution in [2.45, 2.75) is 78.7 Å². The van der Waals surface area contributed by atoms with Crippen LogP contribution in [0, 0.1) is 11.8 Å². The summed E-state index contributed by atoms with van der Waals surface area (Å²) in [5.41, 5.74) is 0. The van der Waals surface area contributed by atoms with E-state index in [1.54, 1.807) is 0 Å². The van der Waals surface area contributed by atoms with Crippen molar-refractivity contribution >= 4 is 0 Å². The zero-order valence-corrected chi connectivity index (χ0v) is 13.0. The molecule has 0 aliphatic rings. The SMILES string of the molecule is CCCCCCC(CC)CC(OCCO)C(C)C. The van der Waals surface area contributed by atoms with Crippen molar-refractivity contribution in [1.82, 2.24) is 0 Å². The van der Waals surface area contributed by atoms with Gasteiger partial charge in [0.15, 0.2) is 0 Å². The fraction of sp³-hybridized carbons (Fsp3) is 1.00. The Labute approximate surface area is 114 Å². The maximum Gasteiger partial charge on any atom is 0.0701 e. The second-order valence-corrected chi connectivity index (χ2v) is 5.74. The second-order valence-electron chi connectivity index (χ2n) is 5.74. The monoisotopic (exact) mass is 258 g/mol. The van der Waals surface area contributed by atoms with Gasteiger partial charge in [-0.2, -0.15) is 0 Å². The summed E-state index contributed by atoms with van der Waals surface area (Å²) in [7, 11) is 0. The van der Waals surface area contributed by atoms with Gasteiger partial charge in [0.05, 0.1) is 19.3 Å². The molecule has 2 heteroatoms. The minimum atomic E-state index is 0.135. The number of rotatable bonds is 12. The van der Waals surface area contributed by atoms with E-state index in [-0.39, 0.29) is 6.61 Å². The van der Waals surface area contributed by atoms with Gasteiger partial charge in [-0.3, -0.25) is 0 Å². The van der Waals surface area contributed by atoms with Crippen molar-refractivity contribution in [3.8, 4) is 0 Å². The highest BCUT2D eigenvalue weighted by molar-refractivity contribution is 4.69. The molecule has 0 radical (unpaired) electrons. The fourth-order valence-corrected chi connectivity index (χ4v) is 2.41. The summed E-state index contributed by atoms with van der Waals surface area (Å²) in [6, 6.07) is 0. The summed E-state index contributed by atoms with van der Waals surface area (Å²) >= 11 is 0. The van der Waals surface area contributed by atoms with Crippen molar-refractivity contribution in [1.29, 1.82) is 0 Å². The predicted octanol–water partition coefficient (Wildman–Crippen LogP) is 4.41. The van der Waals surface area contributed by atoms with Crippen molar-refractivity contribution in [2.24, 2.45) is 11.8 Å². The van der Waals surface area contributed by atoms with Gasteiger partial charge in [-0.1, -0.05) is 66.2 Å². The third-order valence-corrected chi connectivity index (χ3v) is 3.78. The Morgan fingerprint density at radius 2 is 1.78 bits per heavy atom. The van der Waals surface area contributed by atoms with Crippen LogP contribution in [0.2, 0.25) is 0 Å². The average Bonchev–Trinajstić information content (AvgIpc) is 2.36. The van der Waals surface area contributed by atoms with Crippen LogP contribution in [0.15, 0.2) is 0 Å². The standard InChI is InChI=1S/C16H34O2/c1-5-7-8-9-10-15(6-2)13-16(14(3)4)18-12-11-17/h14-17H,5-13H2,1-4H3. The van der Waals surface area contributed by atoms with Gasteiger partial charge in [0.2, 0.25) is 0 Å². The van der Waals surface area contributed by atoms with E-state index in [0.717, 1.165) is 12.3 Å². The summed E-state index contributed by atoms with van der Waals surface area (Å²) < 4.78 is 5.76. The number of aliphatic hydroxyl groups excluding tert-OH is 1. The van der Waals surface area contributed by atoms with Gasteiger partial charge in [0.1, 0.15) is 0 Å². The lowest BCUT2D eigenvalue weighted by atomic mass is 9.89. The third kappa shape index (κ3) is 8.93. The lowest BCUT2D eigenvalue weighted by molar-refractivity contribution is -0.0115. The second kappa shape index (κ2) is 12.0. The lowest BCUT2D eigenvalue weighted by Gasteiger charge is -2.26. The van der Waals surface area contributed by atoms with Crippen LogP contribution < -0.4 is 0 Å². The van der Waals surface area contributed by atoms with Crippen molar-refractivity contribution in [3.63, 3.8) is 0 Å². The van der Waals surface area contributed by atoms with Crippen LogP contribution in [0.5, 0.6) is 0 Å². The first kappa shape index (κ1) is 17.9. The number of unbranched alkanes of at least 4 members (excludes halogenated alkanes) is 3. The number of aliphatic hydroxyl groups is 1. The van der Waals surface area contributed by atoms with E-state index in [4.69, 9.17) is 9.84 Å². The zero-order chi connectivity index (χ0) is 13.8. The summed E-state index contributed by atoms with van der Waals surface area (Å²) in [4.78, 5) is 0. The van der Waals surface area contributed by atoms with E-state index in [1.165, 1.54) is 38.5 Å². The zero-order valence-electron chi connectivity index (χ0n) is 13.0. The molecule has 0 aromatic carbocycles. The van der Waals surface area contributed by atoms with E-state index < -0.39 is 0 Å². The molecule has 0 heterocycles. The maximum atomic E-state index is 8.86. The van der Waals surface area contributed by atoms with Crippen LogP contribution in [0.3, 0.4) is 0 Å². The van der Waals surface area contributed by atoms with Crippen LogP contribution in [-0.2, 0) is 4.74 Å². The van der Waals surface area contributed by atoms with Crippen LogP contribution in [0.1, 0.15) is 72.6 Å². The van der Waals surface area contributed by atoms with Gasteiger partial charge in [-0.05, 0) is 18.3 Å². The molecule has 0 saturated carbocycles. The Hall–Kier alpha value is -0.0800. The van der Waals surface area contributed by atoms with E-state index in [9.17, 15) is 0 Å². The molecular formula is C16H34O2. The van der Waals surface area contributed by atoms with Gasteiger partial charge in [-0.25, -0.2) is 0 Å². The van der Waals surface area contributed by atoms with E-state index >= 15 is 0 Å². The Bertz CT molecular complexity index is 168. The smallest absolute Gasteiger partial charge is 0.0701 e. The van der Waals surface area contributed by atoms with Crippen LogP contribution in [0.25, 0.3) is 0 Å². The third-order valence-electron chi connectivity index (χ3n) is 3.78. The summed E-state index contributed by atoms with van der Waals surface area (Å²) in [6.45, 7) is 9.59. The number of ether oxygens (including phenoxy) is 1. The van der Waals surface area contributed by atoms with Gasteiger partial charge >= 0.3 is 0 Å². The minimum absolute atomic E-state index is 0.135. The summed E-state index contributed by atoms with van der Waals surface area (Å²) in [6.07, 6.45) is 9.46. The number of hydrogen-bond donors (Lipinski definition) is 1. The van der Waals surface area contributed by atoms with E-state index in [0.29, 0.717) is 18.6 Å². The van der Waals surface area contributed by atoms with E-state index in [1.807, 2.05) is 0 Å². The van der Waals surface area contributed by atoms with E-state index in [2.05, 4.69) is 27.7 Å². The molecule has 0 rings (SSSR count). The Balaban J connectivity index is 3.96. The van der Waals surface area contributed by atoms with Crippen molar-refractivity contribution in [3.05, 3.63) is 0 Å². The molecule has 0 spiro atoms. The van der Waals surface area contributed by atoms with Crippen LogP contribution in [-0.4, -0.2) is 24.4 Å². The highest BCUT2D eigenvalue weighted by Crippen LogP contribution is 2.24. The molecular weight excluding hydrogens is 224 g/mol. The van der Waals surface area contributed by atoms with Gasteiger partial charge in [-0.15, -0.1) is 0 Å². The van der Waals surface area contributed by atoms with Crippen LogP contribution in [0.4, 0.5) is 0 Å². The van der Waals surface area contributed by atoms with Gasteiger partial charge in [0.25, 0.3) is 0 Å². The first-order valence-electron chi connectivity index (χ1n) is 7.88. The van der Waals surface area contributed by atoms with Gasteiger partial charge < -0.3 is 9.84 Å². The van der Waals surface area contributed by atoms with Crippen molar-refractivity contribution in [2.75, 3.05) is 13.2 Å². The molecule has 0 amide bonds. The topological polar surface area (TPSA) is 29.5 Å². The highest BCUT2D eigenvalue weighted by Gasteiger charge is 2.18. The molecule has 0 aromatic heterocycles. The van der Waals surface area contributed by atoms with Gasteiger partial charge in [0, 0.05) is 0 Å². The molecule has 0 aromatic rings. The first-order chi connectivity index (χ1) is 8.65. The fourth-order valence-electron chi connectivity index (χ4n) is 2.41. The quantitative estimate of drug-likeness (QED) is 0.526. The summed E-state index contributed by atoms with van der Waals surface area (Å²) in [5, 5.41) is 8.86. The molecule has 0 fully saturated rings. The predicted molar refractivity (Wildman–Crippen MR) is 78.8 cm³/mol. The molecule has 18 heavy (non-hydrogen) atoms. The summed E-state index contributed by atoms with van der Waals surface area (Å²) in [5.74, 6) is 1.33.